The van der Waals surface area contributed by atoms with Gasteiger partial charge in [-0.2, -0.15) is 5.10 Å². The molecule has 104 valence electrons. The number of hydrogen-bond acceptors (Lipinski definition) is 3. The molecule has 2 N–H and O–H groups in total. The van der Waals surface area contributed by atoms with Gasteiger partial charge in [0.25, 0.3) is 0 Å². The summed E-state index contributed by atoms with van der Waals surface area (Å²) in [5.41, 5.74) is 8.44. The average molecular weight is 407 g/mol. The molecule has 2 unspecified atom stereocenters. The van der Waals surface area contributed by atoms with Crippen LogP contribution in [0.3, 0.4) is 0 Å². The molecule has 0 radical (unpaired) electrons. The first-order chi connectivity index (χ1) is 9.01. The molecule has 0 aliphatic rings. The Bertz CT molecular complexity index is 550. The first-order valence-corrected chi connectivity index (χ1v) is 8.65. The molecule has 2 rings (SSSR count). The highest BCUT2D eigenvalue weighted by molar-refractivity contribution is 9.12. The van der Waals surface area contributed by atoms with Crippen molar-refractivity contribution in [3.05, 3.63) is 37.2 Å². The Morgan fingerprint density at radius 1 is 1.47 bits per heavy atom. The predicted octanol–water partition coefficient (Wildman–Crippen LogP) is 4.68. The number of nitrogens with zero attached hydrogens (tertiary/aromatic N) is 2. The van der Waals surface area contributed by atoms with Crippen LogP contribution in [0.25, 0.3) is 0 Å². The summed E-state index contributed by atoms with van der Waals surface area (Å²) in [5.74, 6) is 0. The van der Waals surface area contributed by atoms with Crippen LogP contribution in [-0.2, 0) is 6.42 Å². The Morgan fingerprint density at radius 2 is 2.21 bits per heavy atom. The van der Waals surface area contributed by atoms with Crippen molar-refractivity contribution in [2.45, 2.75) is 38.8 Å². The number of aromatic nitrogens is 2. The van der Waals surface area contributed by atoms with E-state index in [4.69, 9.17) is 5.73 Å². The Hall–Kier alpha value is -0.170. The van der Waals surface area contributed by atoms with Gasteiger partial charge >= 0.3 is 0 Å². The van der Waals surface area contributed by atoms with Crippen LogP contribution < -0.4 is 5.73 Å². The summed E-state index contributed by atoms with van der Waals surface area (Å²) < 4.78 is 4.20. The van der Waals surface area contributed by atoms with E-state index >= 15 is 0 Å². The van der Waals surface area contributed by atoms with Gasteiger partial charge in [0.1, 0.15) is 0 Å². The van der Waals surface area contributed by atoms with Crippen molar-refractivity contribution in [1.82, 2.24) is 9.78 Å². The van der Waals surface area contributed by atoms with E-state index in [0.29, 0.717) is 6.04 Å². The Morgan fingerprint density at radius 3 is 2.79 bits per heavy atom. The smallest absolute Gasteiger partial charge is 0.0758 e. The minimum absolute atomic E-state index is 0.0304. The third kappa shape index (κ3) is 3.68. The van der Waals surface area contributed by atoms with E-state index in [1.807, 2.05) is 10.9 Å². The van der Waals surface area contributed by atoms with Gasteiger partial charge in [0.05, 0.1) is 13.3 Å². The number of rotatable bonds is 5. The van der Waals surface area contributed by atoms with Crippen molar-refractivity contribution in [3.63, 3.8) is 0 Å². The molecule has 0 spiro atoms. The van der Waals surface area contributed by atoms with Gasteiger partial charge in [0.2, 0.25) is 0 Å². The van der Waals surface area contributed by atoms with Crippen LogP contribution in [0.1, 0.15) is 43.6 Å². The summed E-state index contributed by atoms with van der Waals surface area (Å²) in [6.07, 6.45) is 3.87. The lowest BCUT2D eigenvalue weighted by Gasteiger charge is -2.10. The first kappa shape index (κ1) is 15.2. The Balaban J connectivity index is 2.08. The van der Waals surface area contributed by atoms with Crippen molar-refractivity contribution >= 4 is 43.2 Å². The highest BCUT2D eigenvalue weighted by Crippen LogP contribution is 2.35. The first-order valence-electron chi connectivity index (χ1n) is 6.25. The maximum absolute atomic E-state index is 6.27. The monoisotopic (exact) mass is 405 g/mol. The molecule has 0 saturated carbocycles. The lowest BCUT2D eigenvalue weighted by molar-refractivity contribution is 0.472. The molecule has 0 fully saturated rings. The molecule has 2 atom stereocenters. The molecule has 0 amide bonds. The summed E-state index contributed by atoms with van der Waals surface area (Å²) in [5, 5.41) is 4.60. The third-order valence-corrected chi connectivity index (χ3v) is 5.60. The van der Waals surface area contributed by atoms with Crippen LogP contribution in [0.2, 0.25) is 0 Å². The van der Waals surface area contributed by atoms with E-state index in [1.165, 1.54) is 0 Å². The van der Waals surface area contributed by atoms with E-state index in [9.17, 15) is 0 Å². The minimum Gasteiger partial charge on any atom is -0.324 e. The van der Waals surface area contributed by atoms with Crippen molar-refractivity contribution in [2.75, 3.05) is 0 Å². The zero-order chi connectivity index (χ0) is 14.0. The number of nitrogens with two attached hydrogens (primary N) is 1. The van der Waals surface area contributed by atoms with Crippen molar-refractivity contribution in [2.24, 2.45) is 5.73 Å². The number of thiophene rings is 1. The molecule has 0 aliphatic heterocycles. The van der Waals surface area contributed by atoms with Gasteiger partial charge in [-0.05, 0) is 62.9 Å². The second-order valence-corrected chi connectivity index (χ2v) is 8.38. The minimum atomic E-state index is -0.0304. The number of hydrogen-bond donors (Lipinski definition) is 1. The summed E-state index contributed by atoms with van der Waals surface area (Å²) >= 11 is 8.69. The van der Waals surface area contributed by atoms with E-state index in [1.54, 1.807) is 11.3 Å². The highest BCUT2D eigenvalue weighted by atomic mass is 79.9. The summed E-state index contributed by atoms with van der Waals surface area (Å²) in [6.45, 7) is 4.33. The molecule has 2 aromatic rings. The predicted molar refractivity (Wildman–Crippen MR) is 87.6 cm³/mol. The fourth-order valence-electron chi connectivity index (χ4n) is 1.86. The molecule has 19 heavy (non-hydrogen) atoms. The Labute approximate surface area is 134 Å². The average Bonchev–Trinajstić information content (AvgIpc) is 2.95. The molecule has 0 aliphatic carbocycles. The van der Waals surface area contributed by atoms with Gasteiger partial charge in [-0.15, -0.1) is 11.3 Å². The Kier molecular flexibility index (Phi) is 5.22. The molecule has 3 nitrogen and oxygen atoms in total. The zero-order valence-electron chi connectivity index (χ0n) is 10.9. The van der Waals surface area contributed by atoms with Gasteiger partial charge in [0, 0.05) is 24.7 Å². The molecule has 0 bridgehead atoms. The van der Waals surface area contributed by atoms with E-state index in [0.717, 1.165) is 31.7 Å². The lowest BCUT2D eigenvalue weighted by atomic mass is 10.1. The van der Waals surface area contributed by atoms with Gasteiger partial charge in [-0.1, -0.05) is 6.92 Å². The maximum atomic E-state index is 6.27. The van der Waals surface area contributed by atoms with E-state index < -0.39 is 0 Å². The quantitative estimate of drug-likeness (QED) is 0.782. The fraction of sp³-hybridized carbons (Fsp3) is 0.462. The molecular weight excluding hydrogens is 390 g/mol. The van der Waals surface area contributed by atoms with Crippen LogP contribution in [0.15, 0.2) is 25.9 Å². The summed E-state index contributed by atoms with van der Waals surface area (Å²) in [6, 6.07) is 4.54. The van der Waals surface area contributed by atoms with Crippen molar-refractivity contribution < 1.29 is 0 Å². The largest absolute Gasteiger partial charge is 0.324 e. The van der Waals surface area contributed by atoms with Gasteiger partial charge in [-0.25, -0.2) is 0 Å². The summed E-state index contributed by atoms with van der Waals surface area (Å²) in [7, 11) is 0. The highest BCUT2D eigenvalue weighted by Gasteiger charge is 2.15. The van der Waals surface area contributed by atoms with E-state index in [-0.39, 0.29) is 6.04 Å². The van der Waals surface area contributed by atoms with Crippen LogP contribution in [-0.4, -0.2) is 9.78 Å². The SMILES string of the molecule is CCC(C)n1ccc(CC(N)c2cc(Br)sc2Br)n1. The van der Waals surface area contributed by atoms with Crippen LogP contribution >= 0.6 is 43.2 Å². The normalized spacial score (nSPS) is 14.6. The molecular formula is C13H17Br2N3S. The molecule has 2 aromatic heterocycles. The molecule has 0 saturated heterocycles. The third-order valence-electron chi connectivity index (χ3n) is 3.22. The van der Waals surface area contributed by atoms with Crippen LogP contribution in [0.5, 0.6) is 0 Å². The lowest BCUT2D eigenvalue weighted by Crippen LogP contribution is -2.14. The topological polar surface area (TPSA) is 43.8 Å². The molecule has 2 heterocycles. The standard InChI is InChI=1S/C13H17Br2N3S/c1-3-8(2)18-5-4-9(17-18)6-11(16)10-7-12(14)19-13(10)15/h4-5,7-8,11H,3,6,16H2,1-2H3. The second-order valence-electron chi connectivity index (χ2n) is 4.63. The molecule has 0 aromatic carbocycles. The summed E-state index contributed by atoms with van der Waals surface area (Å²) in [4.78, 5) is 0. The molecule has 6 heteroatoms. The van der Waals surface area contributed by atoms with Crippen LogP contribution in [0.4, 0.5) is 0 Å². The number of halogens is 2. The maximum Gasteiger partial charge on any atom is 0.0758 e. The van der Waals surface area contributed by atoms with Crippen LogP contribution in [0, 0.1) is 0 Å². The zero-order valence-corrected chi connectivity index (χ0v) is 14.9. The van der Waals surface area contributed by atoms with Crippen molar-refractivity contribution in [3.8, 4) is 0 Å². The van der Waals surface area contributed by atoms with Gasteiger partial charge in [0.15, 0.2) is 0 Å². The van der Waals surface area contributed by atoms with Gasteiger partial charge < -0.3 is 5.73 Å². The van der Waals surface area contributed by atoms with E-state index in [2.05, 4.69) is 62.9 Å². The fourth-order valence-corrected chi connectivity index (χ4v) is 4.86. The second kappa shape index (κ2) is 6.52. The van der Waals surface area contributed by atoms with Crippen molar-refractivity contribution in [1.29, 1.82) is 0 Å². The van der Waals surface area contributed by atoms with Gasteiger partial charge in [-0.3, -0.25) is 4.68 Å².